The van der Waals surface area contributed by atoms with Crippen LogP contribution in [0.25, 0.3) is 10.2 Å². The maximum atomic E-state index is 13.3. The number of rotatable bonds is 6. The van der Waals surface area contributed by atoms with Crippen molar-refractivity contribution in [3.63, 3.8) is 0 Å². The first-order valence-electron chi connectivity index (χ1n) is 9.04. The second-order valence-electron chi connectivity index (χ2n) is 7.19. The Morgan fingerprint density at radius 3 is 2.36 bits per heavy atom. The minimum Gasteiger partial charge on any atom is -0.309 e. The van der Waals surface area contributed by atoms with Crippen LogP contribution in [0.4, 0.5) is 5.13 Å². The zero-order chi connectivity index (χ0) is 19.7. The van der Waals surface area contributed by atoms with E-state index in [0.29, 0.717) is 11.4 Å². The van der Waals surface area contributed by atoms with E-state index in [9.17, 15) is 4.79 Å². The quantitative estimate of drug-likeness (QED) is 0.543. The van der Waals surface area contributed by atoms with Gasteiger partial charge in [-0.1, -0.05) is 17.4 Å². The normalized spacial score (nSPS) is 11.1. The fourth-order valence-corrected chi connectivity index (χ4v) is 5.07. The van der Waals surface area contributed by atoms with Crippen LogP contribution >= 0.6 is 35.1 Å². The molecule has 5 nitrogen and oxygen atoms in total. The van der Waals surface area contributed by atoms with Gasteiger partial charge in [-0.25, -0.2) is 9.97 Å². The van der Waals surface area contributed by atoms with Crippen molar-refractivity contribution >= 4 is 56.3 Å². The summed E-state index contributed by atoms with van der Waals surface area (Å²) < 4.78 is 1.15. The number of thiazole rings is 2. The van der Waals surface area contributed by atoms with Crippen LogP contribution in [0.2, 0.25) is 0 Å². The topological polar surface area (TPSA) is 49.3 Å². The lowest BCUT2D eigenvalue weighted by molar-refractivity contribution is 0.0989. The van der Waals surface area contributed by atoms with Crippen molar-refractivity contribution in [2.45, 2.75) is 34.1 Å². The maximum absolute atomic E-state index is 13.3. The Morgan fingerprint density at radius 1 is 1.04 bits per heavy atom. The van der Waals surface area contributed by atoms with Gasteiger partial charge in [0.2, 0.25) is 0 Å². The van der Waals surface area contributed by atoms with E-state index in [0.717, 1.165) is 39.0 Å². The Morgan fingerprint density at radius 2 is 1.75 bits per heavy atom. The number of nitrogens with zero attached hydrogens (tertiary/aromatic N) is 4. The van der Waals surface area contributed by atoms with Gasteiger partial charge in [-0.05, 0) is 71.9 Å². The number of anilines is 1. The maximum Gasteiger partial charge on any atom is 0.272 e. The Labute approximate surface area is 180 Å². The number of amides is 1. The third-order valence-electron chi connectivity index (χ3n) is 4.37. The standard InChI is InChI=1S/C20H26N4OS2.ClH/c1-12-10-13(2)17-16(11-12)22-20(27-17)24(9-7-8-23(5)6)19(25)18-14(3)21-15(4)26-18;/h10-11H,7-9H2,1-6H3;1H. The SMILES string of the molecule is Cc1cc(C)c2sc(N(CCCN(C)C)C(=O)c3sc(C)nc3C)nc2c1.Cl. The molecule has 3 rings (SSSR count). The molecule has 152 valence electrons. The molecule has 0 radical (unpaired) electrons. The van der Waals surface area contributed by atoms with Gasteiger partial charge in [0, 0.05) is 6.54 Å². The van der Waals surface area contributed by atoms with Crippen LogP contribution in [-0.2, 0) is 0 Å². The molecule has 1 aromatic carbocycles. The lowest BCUT2D eigenvalue weighted by Gasteiger charge is -2.20. The number of halogens is 1. The van der Waals surface area contributed by atoms with Gasteiger partial charge in [-0.3, -0.25) is 9.69 Å². The van der Waals surface area contributed by atoms with Gasteiger partial charge in [0.25, 0.3) is 5.91 Å². The van der Waals surface area contributed by atoms with Gasteiger partial charge in [0.05, 0.1) is 20.9 Å². The van der Waals surface area contributed by atoms with Gasteiger partial charge >= 0.3 is 0 Å². The van der Waals surface area contributed by atoms with Crippen LogP contribution in [0, 0.1) is 27.7 Å². The Kier molecular flexibility index (Phi) is 7.56. The molecule has 0 bridgehead atoms. The number of benzene rings is 1. The molecule has 0 atom stereocenters. The summed E-state index contributed by atoms with van der Waals surface area (Å²) in [7, 11) is 4.10. The lowest BCUT2D eigenvalue weighted by atomic mass is 10.1. The van der Waals surface area contributed by atoms with Crippen LogP contribution in [0.5, 0.6) is 0 Å². The number of hydrogen-bond acceptors (Lipinski definition) is 6. The van der Waals surface area contributed by atoms with E-state index in [4.69, 9.17) is 4.98 Å². The molecule has 3 aromatic rings. The Bertz CT molecular complexity index is 980. The molecule has 0 aliphatic heterocycles. The number of hydrogen-bond donors (Lipinski definition) is 0. The summed E-state index contributed by atoms with van der Waals surface area (Å²) in [6.45, 7) is 9.59. The summed E-state index contributed by atoms with van der Waals surface area (Å²) in [5.41, 5.74) is 4.17. The van der Waals surface area contributed by atoms with Crippen molar-refractivity contribution in [3.05, 3.63) is 38.8 Å². The van der Waals surface area contributed by atoms with Crippen molar-refractivity contribution in [1.82, 2.24) is 14.9 Å². The summed E-state index contributed by atoms with van der Waals surface area (Å²) in [6.07, 6.45) is 0.892. The van der Waals surface area contributed by atoms with E-state index < -0.39 is 0 Å². The van der Waals surface area contributed by atoms with E-state index in [2.05, 4.69) is 35.9 Å². The first-order valence-corrected chi connectivity index (χ1v) is 10.7. The second kappa shape index (κ2) is 9.31. The van der Waals surface area contributed by atoms with Gasteiger partial charge in [0.15, 0.2) is 5.13 Å². The van der Waals surface area contributed by atoms with E-state index in [1.54, 1.807) is 11.3 Å². The van der Waals surface area contributed by atoms with Crippen LogP contribution in [-0.4, -0.2) is 48.0 Å². The highest BCUT2D eigenvalue weighted by molar-refractivity contribution is 7.22. The molecule has 0 N–H and O–H groups in total. The van der Waals surface area contributed by atoms with E-state index in [1.807, 2.05) is 32.8 Å². The van der Waals surface area contributed by atoms with Gasteiger partial charge in [-0.15, -0.1) is 23.7 Å². The fraction of sp³-hybridized carbons (Fsp3) is 0.450. The molecule has 0 aliphatic carbocycles. The fourth-order valence-electron chi connectivity index (χ4n) is 3.16. The van der Waals surface area contributed by atoms with E-state index in [-0.39, 0.29) is 18.3 Å². The van der Waals surface area contributed by atoms with E-state index in [1.165, 1.54) is 22.5 Å². The largest absolute Gasteiger partial charge is 0.309 e. The monoisotopic (exact) mass is 438 g/mol. The molecular formula is C20H27ClN4OS2. The third-order valence-corrected chi connectivity index (χ3v) is 6.66. The molecule has 0 fully saturated rings. The number of aryl methyl sites for hydroxylation is 4. The third kappa shape index (κ3) is 4.89. The summed E-state index contributed by atoms with van der Waals surface area (Å²) in [5.74, 6) is 0.00490. The minimum absolute atomic E-state index is 0. The first kappa shape index (κ1) is 22.7. The number of carbonyl (C=O) groups is 1. The van der Waals surface area contributed by atoms with Crippen molar-refractivity contribution < 1.29 is 4.79 Å². The average Bonchev–Trinajstić information content (AvgIpc) is 3.13. The molecule has 0 spiro atoms. The van der Waals surface area contributed by atoms with Gasteiger partial charge in [0.1, 0.15) is 4.88 Å². The minimum atomic E-state index is 0. The second-order valence-corrected chi connectivity index (χ2v) is 9.37. The van der Waals surface area contributed by atoms with Crippen molar-refractivity contribution in [1.29, 1.82) is 0 Å². The summed E-state index contributed by atoms with van der Waals surface area (Å²) in [5, 5.41) is 1.69. The average molecular weight is 439 g/mol. The summed E-state index contributed by atoms with van der Waals surface area (Å²) in [6, 6.07) is 4.26. The predicted molar refractivity (Wildman–Crippen MR) is 123 cm³/mol. The molecule has 2 aromatic heterocycles. The molecule has 8 heteroatoms. The first-order chi connectivity index (χ1) is 12.8. The van der Waals surface area contributed by atoms with Gasteiger partial charge in [-0.2, -0.15) is 0 Å². The van der Waals surface area contributed by atoms with Crippen LogP contribution in [0.1, 0.15) is 37.9 Å². The number of fused-ring (bicyclic) bond motifs is 1. The smallest absolute Gasteiger partial charge is 0.272 e. The molecule has 0 saturated heterocycles. The van der Waals surface area contributed by atoms with Gasteiger partial charge < -0.3 is 4.90 Å². The van der Waals surface area contributed by atoms with Crippen molar-refractivity contribution in [2.24, 2.45) is 0 Å². The van der Waals surface area contributed by atoms with Crippen molar-refractivity contribution in [3.8, 4) is 0 Å². The molecule has 0 saturated carbocycles. The highest BCUT2D eigenvalue weighted by Gasteiger charge is 2.25. The molecule has 2 heterocycles. The lowest BCUT2D eigenvalue weighted by Crippen LogP contribution is -2.33. The van der Waals surface area contributed by atoms with Crippen LogP contribution in [0.3, 0.4) is 0 Å². The Hall–Kier alpha value is -1.54. The zero-order valence-corrected chi connectivity index (χ0v) is 19.6. The predicted octanol–water partition coefficient (Wildman–Crippen LogP) is 5.01. The highest BCUT2D eigenvalue weighted by atomic mass is 35.5. The molecule has 1 amide bonds. The molecule has 0 aliphatic rings. The summed E-state index contributed by atoms with van der Waals surface area (Å²) in [4.78, 5) is 27.3. The summed E-state index contributed by atoms with van der Waals surface area (Å²) >= 11 is 3.06. The van der Waals surface area contributed by atoms with Crippen molar-refractivity contribution in [2.75, 3.05) is 32.1 Å². The van der Waals surface area contributed by atoms with E-state index >= 15 is 0 Å². The van der Waals surface area contributed by atoms with Crippen LogP contribution < -0.4 is 4.90 Å². The molecule has 28 heavy (non-hydrogen) atoms. The highest BCUT2D eigenvalue weighted by Crippen LogP contribution is 2.33. The zero-order valence-electron chi connectivity index (χ0n) is 17.2. The number of aromatic nitrogens is 2. The molecule has 0 unspecified atom stereocenters. The number of carbonyl (C=O) groups excluding carboxylic acids is 1. The molecular weight excluding hydrogens is 412 g/mol. The Balaban J connectivity index is 0.00000280. The van der Waals surface area contributed by atoms with Crippen LogP contribution in [0.15, 0.2) is 12.1 Å².